The van der Waals surface area contributed by atoms with Crippen molar-refractivity contribution in [3.05, 3.63) is 59.1 Å². The number of hydrogen-bond donors (Lipinski definition) is 0. The summed E-state index contributed by atoms with van der Waals surface area (Å²) in [6.45, 7) is 4.33. The first-order valence-electron chi connectivity index (χ1n) is 9.27. The summed E-state index contributed by atoms with van der Waals surface area (Å²) in [6.07, 6.45) is 2.46. The number of halogens is 1. The lowest BCUT2D eigenvalue weighted by Crippen LogP contribution is -2.26. The summed E-state index contributed by atoms with van der Waals surface area (Å²) in [5.41, 5.74) is 2.24. The van der Waals surface area contributed by atoms with Crippen LogP contribution in [0.3, 0.4) is 0 Å². The Morgan fingerprint density at radius 3 is 2.89 bits per heavy atom. The lowest BCUT2D eigenvalue weighted by atomic mass is 10.0. The Morgan fingerprint density at radius 2 is 2.18 bits per heavy atom. The highest BCUT2D eigenvalue weighted by atomic mass is 35.5. The Morgan fingerprint density at radius 1 is 1.32 bits per heavy atom. The molecule has 0 saturated carbocycles. The molecule has 1 aliphatic heterocycles. The fourth-order valence-corrected chi connectivity index (χ4v) is 3.64. The Kier molecular flexibility index (Phi) is 5.05. The van der Waals surface area contributed by atoms with Crippen LogP contribution in [0.5, 0.6) is 5.75 Å². The van der Waals surface area contributed by atoms with Gasteiger partial charge in [-0.1, -0.05) is 18.5 Å². The summed E-state index contributed by atoms with van der Waals surface area (Å²) in [7, 11) is 0. The Labute approximate surface area is 167 Å². The minimum atomic E-state index is -0.316. The number of ether oxygens (including phenoxy) is 1. The van der Waals surface area contributed by atoms with Crippen LogP contribution in [0.4, 0.5) is 0 Å². The van der Waals surface area contributed by atoms with Gasteiger partial charge in [-0.3, -0.25) is 4.79 Å². The Balaban J connectivity index is 1.74. The topological polar surface area (TPSA) is 67.9 Å². The van der Waals surface area contributed by atoms with Crippen molar-refractivity contribution < 1.29 is 13.9 Å². The van der Waals surface area contributed by atoms with E-state index in [4.69, 9.17) is 20.8 Å². The van der Waals surface area contributed by atoms with E-state index in [0.717, 1.165) is 27.9 Å². The number of benzene rings is 1. The third kappa shape index (κ3) is 3.36. The molecule has 0 N–H and O–H groups in total. The lowest BCUT2D eigenvalue weighted by molar-refractivity contribution is -0.132. The zero-order chi connectivity index (χ0) is 19.7. The van der Waals surface area contributed by atoms with Gasteiger partial charge in [-0.2, -0.15) is 5.10 Å². The number of hydrogen-bond acceptors (Lipinski definition) is 5. The summed E-state index contributed by atoms with van der Waals surface area (Å²) >= 11 is 6.53. The molecule has 0 aliphatic carbocycles. The van der Waals surface area contributed by atoms with Crippen LogP contribution in [0.15, 0.2) is 52.2 Å². The van der Waals surface area contributed by atoms with Crippen LogP contribution in [0, 0.1) is 0 Å². The third-order valence-electron chi connectivity index (χ3n) is 4.71. The van der Waals surface area contributed by atoms with Gasteiger partial charge in [0.1, 0.15) is 22.4 Å². The van der Waals surface area contributed by atoms with Gasteiger partial charge in [-0.25, -0.2) is 9.99 Å². The average molecular weight is 398 g/mol. The van der Waals surface area contributed by atoms with Gasteiger partial charge >= 0.3 is 0 Å². The van der Waals surface area contributed by atoms with Gasteiger partial charge in [0, 0.05) is 29.9 Å². The molecule has 0 bridgehead atoms. The summed E-state index contributed by atoms with van der Waals surface area (Å²) in [4.78, 5) is 17.1. The molecule has 1 aliphatic rings. The van der Waals surface area contributed by atoms with E-state index in [1.54, 1.807) is 12.3 Å². The maximum atomic E-state index is 12.5. The molecule has 144 valence electrons. The molecule has 0 spiro atoms. The molecule has 1 atom stereocenters. The van der Waals surface area contributed by atoms with Crippen molar-refractivity contribution >= 4 is 34.1 Å². The maximum absolute atomic E-state index is 12.5. The minimum Gasteiger partial charge on any atom is -0.494 e. The predicted octanol–water partition coefficient (Wildman–Crippen LogP) is 4.97. The van der Waals surface area contributed by atoms with Gasteiger partial charge in [-0.15, -0.1) is 0 Å². The SMILES string of the molecule is CCOc1ccc2cc(C3CC(c4ccco4)=NN3C(=O)CC)c(Cl)nc2c1. The summed E-state index contributed by atoms with van der Waals surface area (Å²) in [5, 5.41) is 7.31. The van der Waals surface area contributed by atoms with Gasteiger partial charge in [0.2, 0.25) is 5.91 Å². The number of fused-ring (bicyclic) bond motifs is 1. The van der Waals surface area contributed by atoms with Crippen molar-refractivity contribution in [2.24, 2.45) is 5.10 Å². The number of rotatable bonds is 5. The van der Waals surface area contributed by atoms with E-state index in [1.165, 1.54) is 5.01 Å². The summed E-state index contributed by atoms with van der Waals surface area (Å²) in [5.74, 6) is 1.33. The van der Waals surface area contributed by atoms with Crippen LogP contribution < -0.4 is 4.74 Å². The van der Waals surface area contributed by atoms with E-state index in [2.05, 4.69) is 10.1 Å². The van der Waals surface area contributed by atoms with E-state index in [0.29, 0.717) is 30.4 Å². The fraction of sp³-hybridized carbons (Fsp3) is 0.286. The molecule has 6 nitrogen and oxygen atoms in total. The number of nitrogens with zero attached hydrogens (tertiary/aromatic N) is 3. The second-order valence-electron chi connectivity index (χ2n) is 6.49. The third-order valence-corrected chi connectivity index (χ3v) is 5.02. The first-order chi connectivity index (χ1) is 13.6. The Hall–Kier alpha value is -2.86. The molecule has 4 rings (SSSR count). The van der Waals surface area contributed by atoms with Crippen LogP contribution in [0.1, 0.15) is 44.1 Å². The van der Waals surface area contributed by atoms with E-state index in [1.807, 2.05) is 44.2 Å². The highest BCUT2D eigenvalue weighted by Gasteiger charge is 2.35. The van der Waals surface area contributed by atoms with Crippen molar-refractivity contribution in [2.75, 3.05) is 6.61 Å². The highest BCUT2D eigenvalue weighted by molar-refractivity contribution is 6.30. The van der Waals surface area contributed by atoms with E-state index in [-0.39, 0.29) is 11.9 Å². The number of carbonyl (C=O) groups is 1. The molecule has 2 aromatic heterocycles. The number of pyridine rings is 1. The minimum absolute atomic E-state index is 0.0746. The van der Waals surface area contributed by atoms with E-state index >= 15 is 0 Å². The molecule has 0 saturated heterocycles. The number of hydrazone groups is 1. The van der Waals surface area contributed by atoms with Crippen molar-refractivity contribution in [3.8, 4) is 5.75 Å². The van der Waals surface area contributed by atoms with Gasteiger partial charge in [0.25, 0.3) is 0 Å². The Bertz CT molecular complexity index is 1050. The number of carbonyl (C=O) groups excluding carboxylic acids is 1. The number of aromatic nitrogens is 1. The largest absolute Gasteiger partial charge is 0.494 e. The van der Waals surface area contributed by atoms with Crippen LogP contribution in [0.25, 0.3) is 10.9 Å². The molecule has 0 fully saturated rings. The van der Waals surface area contributed by atoms with E-state index < -0.39 is 0 Å². The molecule has 1 aromatic carbocycles. The second-order valence-corrected chi connectivity index (χ2v) is 6.85. The smallest absolute Gasteiger partial charge is 0.242 e. The van der Waals surface area contributed by atoms with Crippen LogP contribution in [0.2, 0.25) is 5.15 Å². The van der Waals surface area contributed by atoms with Crippen molar-refractivity contribution in [3.63, 3.8) is 0 Å². The monoisotopic (exact) mass is 397 g/mol. The molecule has 7 heteroatoms. The quantitative estimate of drug-likeness (QED) is 0.570. The van der Waals surface area contributed by atoms with Gasteiger partial charge in [0.15, 0.2) is 0 Å². The standard InChI is InChI=1S/C21H20ClN3O3/c1-3-20(26)25-18(12-17(24-25)19-6-5-9-28-19)15-10-13-7-8-14(27-4-2)11-16(13)23-21(15)22/h5-11,18H,3-4,12H2,1-2H3. The molecule has 0 radical (unpaired) electrons. The zero-order valence-electron chi connectivity index (χ0n) is 15.7. The molecule has 3 heterocycles. The average Bonchev–Trinajstić information content (AvgIpc) is 3.37. The van der Waals surface area contributed by atoms with Crippen molar-refractivity contribution in [1.82, 2.24) is 9.99 Å². The van der Waals surface area contributed by atoms with Crippen LogP contribution in [-0.4, -0.2) is 28.2 Å². The van der Waals surface area contributed by atoms with E-state index in [9.17, 15) is 4.79 Å². The number of amides is 1. The highest BCUT2D eigenvalue weighted by Crippen LogP contribution is 2.38. The first-order valence-corrected chi connectivity index (χ1v) is 9.65. The van der Waals surface area contributed by atoms with Gasteiger partial charge in [0.05, 0.1) is 24.4 Å². The predicted molar refractivity (Wildman–Crippen MR) is 108 cm³/mol. The maximum Gasteiger partial charge on any atom is 0.242 e. The fourth-order valence-electron chi connectivity index (χ4n) is 3.37. The normalized spacial score (nSPS) is 16.5. The summed E-state index contributed by atoms with van der Waals surface area (Å²) < 4.78 is 11.0. The first kappa shape index (κ1) is 18.5. The van der Waals surface area contributed by atoms with Crippen molar-refractivity contribution in [2.45, 2.75) is 32.7 Å². The van der Waals surface area contributed by atoms with Crippen LogP contribution >= 0.6 is 11.6 Å². The molecular weight excluding hydrogens is 378 g/mol. The van der Waals surface area contributed by atoms with Gasteiger partial charge in [-0.05, 0) is 37.3 Å². The molecular formula is C21H20ClN3O3. The zero-order valence-corrected chi connectivity index (χ0v) is 16.4. The second kappa shape index (κ2) is 7.64. The van der Waals surface area contributed by atoms with Gasteiger partial charge < -0.3 is 9.15 Å². The molecule has 28 heavy (non-hydrogen) atoms. The molecule has 1 unspecified atom stereocenters. The number of furan rings is 1. The van der Waals surface area contributed by atoms with Crippen LogP contribution in [-0.2, 0) is 4.79 Å². The lowest BCUT2D eigenvalue weighted by Gasteiger charge is -2.22. The molecule has 3 aromatic rings. The summed E-state index contributed by atoms with van der Waals surface area (Å²) in [6, 6.07) is 11.0. The van der Waals surface area contributed by atoms with Crippen molar-refractivity contribution in [1.29, 1.82) is 0 Å². The molecule has 1 amide bonds.